The minimum absolute atomic E-state index is 0.392. The number of esters is 1. The fourth-order valence-corrected chi connectivity index (χ4v) is 2.78. The van der Waals surface area contributed by atoms with Crippen LogP contribution in [0.2, 0.25) is 0 Å². The van der Waals surface area contributed by atoms with Crippen LogP contribution in [-0.2, 0) is 15.9 Å². The summed E-state index contributed by atoms with van der Waals surface area (Å²) in [5.74, 6) is -0.393. The number of nitrogens with zero attached hydrogens (tertiary/aromatic N) is 1. The first-order chi connectivity index (χ1) is 8.19. The van der Waals surface area contributed by atoms with Crippen LogP contribution in [0.1, 0.15) is 35.1 Å². The summed E-state index contributed by atoms with van der Waals surface area (Å²) in [5.41, 5.74) is 0.392. The van der Waals surface area contributed by atoms with Gasteiger partial charge >= 0.3 is 5.97 Å². The summed E-state index contributed by atoms with van der Waals surface area (Å²) in [4.78, 5) is 16.4. The third-order valence-electron chi connectivity index (χ3n) is 2.17. The summed E-state index contributed by atoms with van der Waals surface area (Å²) in [6.45, 7) is 3.50. The molecule has 6 heteroatoms. The maximum atomic E-state index is 11.4. The van der Waals surface area contributed by atoms with Gasteiger partial charge in [0.05, 0.1) is 13.7 Å². The lowest BCUT2D eigenvalue weighted by atomic mass is 10.3. The molecule has 0 aliphatic rings. The zero-order chi connectivity index (χ0) is 12.7. The normalized spacial score (nSPS) is 10.5. The third-order valence-corrected chi connectivity index (χ3v) is 3.73. The molecule has 0 saturated carbocycles. The summed E-state index contributed by atoms with van der Waals surface area (Å²) in [7, 11) is 1.36. The maximum absolute atomic E-state index is 11.4. The molecule has 0 unspecified atom stereocenters. The number of rotatable bonds is 7. The van der Waals surface area contributed by atoms with Gasteiger partial charge in [-0.3, -0.25) is 0 Å². The molecule has 0 bridgehead atoms. The lowest BCUT2D eigenvalue weighted by Gasteiger charge is -2.02. The Morgan fingerprint density at radius 2 is 2.24 bits per heavy atom. The zero-order valence-corrected chi connectivity index (χ0v) is 12.4. The first kappa shape index (κ1) is 14.6. The fraction of sp³-hybridized carbons (Fsp3) is 0.636. The van der Waals surface area contributed by atoms with Gasteiger partial charge in [-0.05, 0) is 22.4 Å². The number of unbranched alkanes of at least 4 members (excludes halogenated alkanes) is 1. The monoisotopic (exact) mass is 321 g/mol. The van der Waals surface area contributed by atoms with Crippen molar-refractivity contribution in [2.24, 2.45) is 0 Å². The first-order valence-electron chi connectivity index (χ1n) is 5.50. The minimum Gasteiger partial charge on any atom is -0.464 e. The first-order valence-corrected chi connectivity index (χ1v) is 7.11. The van der Waals surface area contributed by atoms with Gasteiger partial charge in [-0.2, -0.15) is 0 Å². The second kappa shape index (κ2) is 7.79. The van der Waals surface area contributed by atoms with Gasteiger partial charge in [-0.1, -0.05) is 13.3 Å². The highest BCUT2D eigenvalue weighted by atomic mass is 79.9. The van der Waals surface area contributed by atoms with Crippen molar-refractivity contribution in [2.75, 3.05) is 20.3 Å². The van der Waals surface area contributed by atoms with Crippen LogP contribution in [0.15, 0.2) is 3.92 Å². The highest BCUT2D eigenvalue weighted by Gasteiger charge is 2.17. The quantitative estimate of drug-likeness (QED) is 0.572. The van der Waals surface area contributed by atoms with E-state index in [0.717, 1.165) is 24.3 Å². The molecule has 1 heterocycles. The van der Waals surface area contributed by atoms with Crippen molar-refractivity contribution in [3.8, 4) is 0 Å². The smallest absolute Gasteiger partial charge is 0.357 e. The second-order valence-electron chi connectivity index (χ2n) is 3.45. The predicted molar refractivity (Wildman–Crippen MR) is 70.6 cm³/mol. The van der Waals surface area contributed by atoms with Crippen LogP contribution in [-0.4, -0.2) is 31.3 Å². The molecule has 0 saturated heterocycles. The number of carbonyl (C=O) groups is 1. The molecular weight excluding hydrogens is 306 g/mol. The van der Waals surface area contributed by atoms with Crippen LogP contribution >= 0.6 is 27.3 Å². The van der Waals surface area contributed by atoms with Crippen molar-refractivity contribution < 1.29 is 14.3 Å². The zero-order valence-electron chi connectivity index (χ0n) is 9.99. The Morgan fingerprint density at radius 1 is 1.47 bits per heavy atom. The highest BCUT2D eigenvalue weighted by molar-refractivity contribution is 9.11. The molecule has 1 aromatic heterocycles. The van der Waals surface area contributed by atoms with Crippen LogP contribution in [0.4, 0.5) is 0 Å². The van der Waals surface area contributed by atoms with Crippen molar-refractivity contribution in [1.29, 1.82) is 0 Å². The van der Waals surface area contributed by atoms with Crippen LogP contribution in [0.3, 0.4) is 0 Å². The standard InChI is InChI=1S/C11H16BrNO3S/c1-3-4-6-16-7-5-8-9(10(14)15-2)13-11(12)17-8/h3-7H2,1-2H3. The summed E-state index contributed by atoms with van der Waals surface area (Å²) in [5, 5.41) is 0. The molecule has 0 aromatic carbocycles. The lowest BCUT2D eigenvalue weighted by molar-refractivity contribution is 0.0593. The van der Waals surface area contributed by atoms with E-state index in [-0.39, 0.29) is 0 Å². The molecule has 4 nitrogen and oxygen atoms in total. The van der Waals surface area contributed by atoms with E-state index in [1.54, 1.807) is 0 Å². The molecule has 1 rings (SSSR count). The van der Waals surface area contributed by atoms with Crippen LogP contribution < -0.4 is 0 Å². The van der Waals surface area contributed by atoms with Crippen molar-refractivity contribution in [3.05, 3.63) is 14.5 Å². The number of hydrogen-bond acceptors (Lipinski definition) is 5. The number of hydrogen-bond donors (Lipinski definition) is 0. The molecule has 0 radical (unpaired) electrons. The van der Waals surface area contributed by atoms with Crippen LogP contribution in [0.5, 0.6) is 0 Å². The van der Waals surface area contributed by atoms with E-state index in [4.69, 9.17) is 4.74 Å². The number of ether oxygens (including phenoxy) is 2. The van der Waals surface area contributed by atoms with Gasteiger partial charge in [0.1, 0.15) is 0 Å². The largest absolute Gasteiger partial charge is 0.464 e. The van der Waals surface area contributed by atoms with E-state index in [9.17, 15) is 4.79 Å². The predicted octanol–water partition coefficient (Wildman–Crippen LogP) is 3.05. The number of carbonyl (C=O) groups excluding carboxylic acids is 1. The summed E-state index contributed by atoms with van der Waals surface area (Å²) in [6.07, 6.45) is 2.88. The van der Waals surface area contributed by atoms with E-state index < -0.39 is 5.97 Å². The van der Waals surface area contributed by atoms with E-state index in [1.165, 1.54) is 18.4 Å². The van der Waals surface area contributed by atoms with E-state index in [1.807, 2.05) is 0 Å². The number of aromatic nitrogens is 1. The minimum atomic E-state index is -0.393. The lowest BCUT2D eigenvalue weighted by Crippen LogP contribution is -2.07. The Bertz CT molecular complexity index is 368. The van der Waals surface area contributed by atoms with E-state index >= 15 is 0 Å². The van der Waals surface area contributed by atoms with Gasteiger partial charge in [0, 0.05) is 17.9 Å². The molecule has 0 atom stereocenters. The average Bonchev–Trinajstić information content (AvgIpc) is 2.69. The number of methoxy groups -OCH3 is 1. The molecule has 0 aliphatic heterocycles. The Kier molecular flexibility index (Phi) is 6.69. The van der Waals surface area contributed by atoms with Gasteiger partial charge < -0.3 is 9.47 Å². The van der Waals surface area contributed by atoms with Crippen molar-refractivity contribution in [3.63, 3.8) is 0 Å². The highest BCUT2D eigenvalue weighted by Crippen LogP contribution is 2.24. The van der Waals surface area contributed by atoms with E-state index in [0.29, 0.717) is 22.6 Å². The van der Waals surface area contributed by atoms with Crippen LogP contribution in [0, 0.1) is 0 Å². The van der Waals surface area contributed by atoms with Crippen molar-refractivity contribution in [1.82, 2.24) is 4.98 Å². The summed E-state index contributed by atoms with van der Waals surface area (Å²) < 4.78 is 10.8. The van der Waals surface area contributed by atoms with E-state index in [2.05, 4.69) is 32.6 Å². The number of thiazole rings is 1. The van der Waals surface area contributed by atoms with Gasteiger partial charge in [0.2, 0.25) is 0 Å². The van der Waals surface area contributed by atoms with Gasteiger partial charge in [0.15, 0.2) is 9.61 Å². The molecule has 1 aromatic rings. The average molecular weight is 322 g/mol. The van der Waals surface area contributed by atoms with Gasteiger partial charge in [-0.25, -0.2) is 9.78 Å². The van der Waals surface area contributed by atoms with Crippen LogP contribution in [0.25, 0.3) is 0 Å². The summed E-state index contributed by atoms with van der Waals surface area (Å²) >= 11 is 4.72. The summed E-state index contributed by atoms with van der Waals surface area (Å²) in [6, 6.07) is 0. The molecular formula is C11H16BrNO3S. The Hall–Kier alpha value is -0.460. The molecule has 0 N–H and O–H groups in total. The fourth-order valence-electron chi connectivity index (χ4n) is 1.26. The Balaban J connectivity index is 2.49. The molecule has 0 spiro atoms. The molecule has 96 valence electrons. The Labute approximate surface area is 113 Å². The van der Waals surface area contributed by atoms with Gasteiger partial charge in [0.25, 0.3) is 0 Å². The number of halogens is 1. The topological polar surface area (TPSA) is 48.4 Å². The second-order valence-corrected chi connectivity index (χ2v) is 5.81. The van der Waals surface area contributed by atoms with Gasteiger partial charge in [-0.15, -0.1) is 11.3 Å². The molecule has 0 fully saturated rings. The third kappa shape index (κ3) is 4.73. The van der Waals surface area contributed by atoms with Crippen molar-refractivity contribution in [2.45, 2.75) is 26.2 Å². The SMILES string of the molecule is CCCCOCCc1sc(Br)nc1C(=O)OC. The van der Waals surface area contributed by atoms with Crippen molar-refractivity contribution >= 4 is 33.2 Å². The molecule has 0 amide bonds. The molecule has 17 heavy (non-hydrogen) atoms. The molecule has 0 aliphatic carbocycles. The Morgan fingerprint density at radius 3 is 2.88 bits per heavy atom. The maximum Gasteiger partial charge on any atom is 0.357 e.